The molecule has 2 rings (SSSR count). The highest BCUT2D eigenvalue weighted by molar-refractivity contribution is 9.10. The fraction of sp³-hybridized carbons (Fsp3) is 0.467. The van der Waals surface area contributed by atoms with Gasteiger partial charge in [-0.2, -0.15) is 0 Å². The van der Waals surface area contributed by atoms with Crippen LogP contribution in [0.3, 0.4) is 0 Å². The van der Waals surface area contributed by atoms with E-state index in [0.717, 1.165) is 36.0 Å². The van der Waals surface area contributed by atoms with Crippen molar-refractivity contribution in [1.29, 1.82) is 0 Å². The van der Waals surface area contributed by atoms with Crippen LogP contribution in [0.25, 0.3) is 0 Å². The molecule has 1 saturated heterocycles. The molecule has 2 amide bonds. The van der Waals surface area contributed by atoms with Crippen molar-refractivity contribution < 1.29 is 9.59 Å². The van der Waals surface area contributed by atoms with Crippen molar-refractivity contribution in [3.8, 4) is 0 Å². The largest absolute Gasteiger partial charge is 0.355 e. The average molecular weight is 339 g/mol. The van der Waals surface area contributed by atoms with Crippen LogP contribution >= 0.6 is 15.9 Å². The quantitative estimate of drug-likeness (QED) is 0.893. The predicted molar refractivity (Wildman–Crippen MR) is 81.3 cm³/mol. The second kappa shape index (κ2) is 7.43. The lowest BCUT2D eigenvalue weighted by Crippen LogP contribution is -2.33. The fourth-order valence-electron chi connectivity index (χ4n) is 2.28. The highest BCUT2D eigenvalue weighted by atomic mass is 79.9. The molecule has 0 bridgehead atoms. The molecule has 0 aliphatic carbocycles. The maximum atomic E-state index is 11.8. The van der Waals surface area contributed by atoms with E-state index in [-0.39, 0.29) is 11.8 Å². The molecule has 4 nitrogen and oxygen atoms in total. The molecule has 5 heteroatoms. The first-order valence-corrected chi connectivity index (χ1v) is 7.73. The Morgan fingerprint density at radius 3 is 2.45 bits per heavy atom. The van der Waals surface area contributed by atoms with Crippen LogP contribution in [-0.4, -0.2) is 36.3 Å². The summed E-state index contributed by atoms with van der Waals surface area (Å²) < 4.78 is 0.998. The van der Waals surface area contributed by atoms with E-state index in [4.69, 9.17) is 0 Å². The summed E-state index contributed by atoms with van der Waals surface area (Å²) in [6.07, 6.45) is 2.95. The zero-order valence-electron chi connectivity index (χ0n) is 11.4. The van der Waals surface area contributed by atoms with Crippen molar-refractivity contribution >= 4 is 27.7 Å². The summed E-state index contributed by atoms with van der Waals surface area (Å²) >= 11 is 3.36. The zero-order valence-corrected chi connectivity index (χ0v) is 13.0. The highest BCUT2D eigenvalue weighted by Crippen LogP contribution is 2.11. The van der Waals surface area contributed by atoms with Crippen molar-refractivity contribution in [2.45, 2.75) is 25.7 Å². The van der Waals surface area contributed by atoms with Gasteiger partial charge in [0, 0.05) is 30.5 Å². The summed E-state index contributed by atoms with van der Waals surface area (Å²) in [4.78, 5) is 25.4. The van der Waals surface area contributed by atoms with Crippen LogP contribution in [-0.2, 0) is 16.0 Å². The van der Waals surface area contributed by atoms with Gasteiger partial charge in [-0.15, -0.1) is 0 Å². The Morgan fingerprint density at radius 1 is 1.15 bits per heavy atom. The van der Waals surface area contributed by atoms with E-state index in [1.54, 1.807) is 0 Å². The monoisotopic (exact) mass is 338 g/mol. The highest BCUT2D eigenvalue weighted by Gasteiger charge is 2.17. The number of rotatable bonds is 5. The minimum Gasteiger partial charge on any atom is -0.355 e. The van der Waals surface area contributed by atoms with Crippen LogP contribution in [0.4, 0.5) is 0 Å². The Balaban J connectivity index is 1.67. The number of carbonyl (C=O) groups excluding carboxylic acids is 2. The standard InChI is InChI=1S/C15H19BrN2O2/c16-13-5-3-12(4-6-13)11-14(19)17-8-7-15(20)18-9-1-2-10-18/h3-6H,1-2,7-11H2,(H,17,19). The number of carbonyl (C=O) groups is 2. The topological polar surface area (TPSA) is 49.4 Å². The molecule has 0 saturated carbocycles. The van der Waals surface area contributed by atoms with Crippen molar-refractivity contribution in [3.63, 3.8) is 0 Å². The van der Waals surface area contributed by atoms with Crippen molar-refractivity contribution in [3.05, 3.63) is 34.3 Å². The van der Waals surface area contributed by atoms with E-state index < -0.39 is 0 Å². The SMILES string of the molecule is O=C(Cc1ccc(Br)cc1)NCCC(=O)N1CCCC1. The number of hydrogen-bond donors (Lipinski definition) is 1. The van der Waals surface area contributed by atoms with E-state index in [1.807, 2.05) is 29.2 Å². The maximum Gasteiger partial charge on any atom is 0.224 e. The lowest BCUT2D eigenvalue weighted by atomic mass is 10.1. The van der Waals surface area contributed by atoms with Crippen LogP contribution in [0.2, 0.25) is 0 Å². The van der Waals surface area contributed by atoms with E-state index in [0.29, 0.717) is 19.4 Å². The van der Waals surface area contributed by atoms with Crippen LogP contribution < -0.4 is 5.32 Å². The van der Waals surface area contributed by atoms with Gasteiger partial charge >= 0.3 is 0 Å². The molecule has 20 heavy (non-hydrogen) atoms. The smallest absolute Gasteiger partial charge is 0.224 e. The van der Waals surface area contributed by atoms with Gasteiger partial charge in [-0.1, -0.05) is 28.1 Å². The molecule has 1 heterocycles. The summed E-state index contributed by atoms with van der Waals surface area (Å²) in [7, 11) is 0. The van der Waals surface area contributed by atoms with Gasteiger partial charge in [-0.3, -0.25) is 9.59 Å². The Morgan fingerprint density at radius 2 is 1.80 bits per heavy atom. The molecule has 1 aliphatic rings. The van der Waals surface area contributed by atoms with Gasteiger partial charge in [0.25, 0.3) is 0 Å². The molecule has 1 aromatic rings. The minimum atomic E-state index is -0.0402. The third kappa shape index (κ3) is 4.63. The summed E-state index contributed by atoms with van der Waals surface area (Å²) in [5.41, 5.74) is 0.969. The predicted octanol–water partition coefficient (Wildman–Crippen LogP) is 2.12. The maximum absolute atomic E-state index is 11.8. The zero-order chi connectivity index (χ0) is 14.4. The van der Waals surface area contributed by atoms with Crippen molar-refractivity contribution in [2.75, 3.05) is 19.6 Å². The molecule has 1 fully saturated rings. The van der Waals surface area contributed by atoms with Crippen LogP contribution in [0.15, 0.2) is 28.7 Å². The lowest BCUT2D eigenvalue weighted by molar-refractivity contribution is -0.130. The van der Waals surface area contributed by atoms with Gasteiger partial charge in [0.1, 0.15) is 0 Å². The average Bonchev–Trinajstić information content (AvgIpc) is 2.95. The van der Waals surface area contributed by atoms with Crippen molar-refractivity contribution in [1.82, 2.24) is 10.2 Å². The van der Waals surface area contributed by atoms with Gasteiger partial charge in [-0.25, -0.2) is 0 Å². The second-order valence-corrected chi connectivity index (χ2v) is 5.91. The van der Waals surface area contributed by atoms with Crippen molar-refractivity contribution in [2.24, 2.45) is 0 Å². The Kier molecular flexibility index (Phi) is 5.59. The number of hydrogen-bond acceptors (Lipinski definition) is 2. The van der Waals surface area contributed by atoms with Gasteiger partial charge in [0.15, 0.2) is 0 Å². The van der Waals surface area contributed by atoms with Gasteiger partial charge < -0.3 is 10.2 Å². The molecular formula is C15H19BrN2O2. The van der Waals surface area contributed by atoms with Crippen LogP contribution in [0.1, 0.15) is 24.8 Å². The Hall–Kier alpha value is -1.36. The number of likely N-dealkylation sites (tertiary alicyclic amines) is 1. The summed E-state index contributed by atoms with van der Waals surface area (Å²) in [6.45, 7) is 2.15. The Bertz CT molecular complexity index is 467. The lowest BCUT2D eigenvalue weighted by Gasteiger charge is -2.15. The molecule has 0 spiro atoms. The molecule has 1 aromatic carbocycles. The normalized spacial score (nSPS) is 14.3. The number of halogens is 1. The third-order valence-electron chi connectivity index (χ3n) is 3.40. The van der Waals surface area contributed by atoms with Crippen LogP contribution in [0.5, 0.6) is 0 Å². The molecule has 0 radical (unpaired) electrons. The van der Waals surface area contributed by atoms with E-state index in [9.17, 15) is 9.59 Å². The molecule has 108 valence electrons. The molecular weight excluding hydrogens is 320 g/mol. The summed E-state index contributed by atoms with van der Waals surface area (Å²) in [5, 5.41) is 2.80. The number of amides is 2. The fourth-order valence-corrected chi connectivity index (χ4v) is 2.55. The number of nitrogens with one attached hydrogen (secondary N) is 1. The second-order valence-electron chi connectivity index (χ2n) is 4.99. The number of benzene rings is 1. The van der Waals surface area contributed by atoms with Gasteiger partial charge in [0.05, 0.1) is 6.42 Å². The molecule has 0 aromatic heterocycles. The first-order valence-electron chi connectivity index (χ1n) is 6.94. The molecule has 1 aliphatic heterocycles. The van der Waals surface area contributed by atoms with E-state index in [1.165, 1.54) is 0 Å². The molecule has 0 unspecified atom stereocenters. The summed E-state index contributed by atoms with van der Waals surface area (Å²) in [6, 6.07) is 7.66. The van der Waals surface area contributed by atoms with Gasteiger partial charge in [-0.05, 0) is 30.5 Å². The van der Waals surface area contributed by atoms with E-state index in [2.05, 4.69) is 21.2 Å². The molecule has 1 N–H and O–H groups in total. The van der Waals surface area contributed by atoms with Crippen LogP contribution in [0, 0.1) is 0 Å². The van der Waals surface area contributed by atoms with E-state index >= 15 is 0 Å². The Labute approximate surface area is 127 Å². The van der Waals surface area contributed by atoms with Gasteiger partial charge in [0.2, 0.25) is 11.8 Å². The first kappa shape index (κ1) is 15.0. The molecule has 0 atom stereocenters. The first-order chi connectivity index (χ1) is 9.65. The number of nitrogens with zero attached hydrogens (tertiary/aromatic N) is 1. The third-order valence-corrected chi connectivity index (χ3v) is 3.93. The summed E-state index contributed by atoms with van der Waals surface area (Å²) in [5.74, 6) is 0.105. The minimum absolute atomic E-state index is 0.0402.